The normalized spacial score (nSPS) is 10.7. The van der Waals surface area contributed by atoms with Gasteiger partial charge in [0.15, 0.2) is 0 Å². The van der Waals surface area contributed by atoms with E-state index in [2.05, 4.69) is 4.98 Å². The Morgan fingerprint density at radius 3 is 2.75 bits per heavy atom. The van der Waals surface area contributed by atoms with Crippen LogP contribution in [0.1, 0.15) is 5.56 Å². The molecule has 16 heavy (non-hydrogen) atoms. The molecule has 0 radical (unpaired) electrons. The molecule has 4 nitrogen and oxygen atoms in total. The molecule has 0 spiro atoms. The average Bonchev–Trinajstić information content (AvgIpc) is 2.28. The van der Waals surface area contributed by atoms with Crippen molar-refractivity contribution in [2.24, 2.45) is 5.73 Å². The summed E-state index contributed by atoms with van der Waals surface area (Å²) in [6.07, 6.45) is 2.57. The highest BCUT2D eigenvalue weighted by molar-refractivity contribution is 6.58. The van der Waals surface area contributed by atoms with Crippen LogP contribution in [0.4, 0.5) is 0 Å². The van der Waals surface area contributed by atoms with Crippen molar-refractivity contribution in [3.8, 4) is 0 Å². The minimum absolute atomic E-state index is 0.451. The lowest BCUT2D eigenvalue weighted by Crippen LogP contribution is -2.29. The van der Waals surface area contributed by atoms with Crippen LogP contribution >= 0.6 is 0 Å². The van der Waals surface area contributed by atoms with E-state index >= 15 is 0 Å². The quantitative estimate of drug-likeness (QED) is 0.599. The van der Waals surface area contributed by atoms with E-state index in [1.165, 1.54) is 0 Å². The summed E-state index contributed by atoms with van der Waals surface area (Å²) in [4.78, 5) is 4.27. The highest BCUT2D eigenvalue weighted by Crippen LogP contribution is 2.12. The third kappa shape index (κ3) is 2.22. The van der Waals surface area contributed by atoms with E-state index in [0.717, 1.165) is 22.9 Å². The van der Waals surface area contributed by atoms with Gasteiger partial charge in [-0.2, -0.15) is 0 Å². The summed E-state index contributed by atoms with van der Waals surface area (Å²) >= 11 is 0. The number of aromatic nitrogens is 1. The summed E-state index contributed by atoms with van der Waals surface area (Å²) in [5, 5.41) is 19.0. The lowest BCUT2D eigenvalue weighted by atomic mass is 9.80. The van der Waals surface area contributed by atoms with Gasteiger partial charge >= 0.3 is 7.12 Å². The van der Waals surface area contributed by atoms with E-state index < -0.39 is 7.12 Å². The van der Waals surface area contributed by atoms with Gasteiger partial charge in [0.1, 0.15) is 0 Å². The Balaban J connectivity index is 2.44. The van der Waals surface area contributed by atoms with Crippen molar-refractivity contribution in [2.75, 3.05) is 6.54 Å². The maximum absolute atomic E-state index is 9.03. The van der Waals surface area contributed by atoms with Crippen LogP contribution in [0.2, 0.25) is 0 Å². The van der Waals surface area contributed by atoms with Crippen molar-refractivity contribution in [2.45, 2.75) is 6.42 Å². The number of hydrogen-bond acceptors (Lipinski definition) is 4. The second-order valence-electron chi connectivity index (χ2n) is 3.71. The molecule has 0 atom stereocenters. The van der Waals surface area contributed by atoms with Gasteiger partial charge in [-0.25, -0.2) is 0 Å². The van der Waals surface area contributed by atoms with Gasteiger partial charge in [0, 0.05) is 11.6 Å². The summed E-state index contributed by atoms with van der Waals surface area (Å²) in [5.41, 5.74) is 7.77. The van der Waals surface area contributed by atoms with Gasteiger partial charge in [-0.3, -0.25) is 4.98 Å². The molecule has 2 aromatic rings. The fourth-order valence-corrected chi connectivity index (χ4v) is 1.65. The van der Waals surface area contributed by atoms with Crippen LogP contribution in [-0.2, 0) is 6.42 Å². The van der Waals surface area contributed by atoms with Crippen LogP contribution in [0.5, 0.6) is 0 Å². The average molecular weight is 216 g/mol. The third-order valence-corrected chi connectivity index (χ3v) is 2.50. The summed E-state index contributed by atoms with van der Waals surface area (Å²) in [7, 11) is -1.45. The molecule has 0 unspecified atom stereocenters. The third-order valence-electron chi connectivity index (χ3n) is 2.50. The van der Waals surface area contributed by atoms with E-state index in [4.69, 9.17) is 15.8 Å². The highest BCUT2D eigenvalue weighted by Gasteiger charge is 2.11. The van der Waals surface area contributed by atoms with Crippen LogP contribution in [0.3, 0.4) is 0 Å². The van der Waals surface area contributed by atoms with Crippen molar-refractivity contribution in [3.63, 3.8) is 0 Å². The van der Waals surface area contributed by atoms with Gasteiger partial charge in [-0.15, -0.1) is 0 Å². The molecule has 0 saturated carbocycles. The number of nitrogens with zero attached hydrogens (tertiary/aromatic N) is 1. The first kappa shape index (κ1) is 11.1. The molecule has 5 heteroatoms. The van der Waals surface area contributed by atoms with E-state index in [1.807, 2.05) is 12.1 Å². The van der Waals surface area contributed by atoms with Crippen molar-refractivity contribution in [1.29, 1.82) is 0 Å². The van der Waals surface area contributed by atoms with Crippen LogP contribution in [0.15, 0.2) is 30.5 Å². The van der Waals surface area contributed by atoms with Crippen LogP contribution in [0, 0.1) is 0 Å². The second kappa shape index (κ2) is 4.61. The van der Waals surface area contributed by atoms with E-state index in [0.29, 0.717) is 12.0 Å². The van der Waals surface area contributed by atoms with Gasteiger partial charge in [-0.05, 0) is 36.1 Å². The number of hydrogen-bond donors (Lipinski definition) is 3. The molecule has 0 saturated heterocycles. The fourth-order valence-electron chi connectivity index (χ4n) is 1.65. The minimum Gasteiger partial charge on any atom is -0.423 e. The maximum atomic E-state index is 9.03. The molecule has 0 bridgehead atoms. The molecule has 0 aliphatic heterocycles. The molecule has 0 aliphatic rings. The highest BCUT2D eigenvalue weighted by atomic mass is 16.4. The molecule has 0 aliphatic carbocycles. The predicted octanol–water partition coefficient (Wildman–Crippen LogP) is -0.584. The first-order valence-corrected chi connectivity index (χ1v) is 5.15. The van der Waals surface area contributed by atoms with Crippen LogP contribution in [0.25, 0.3) is 10.9 Å². The minimum atomic E-state index is -1.45. The summed E-state index contributed by atoms with van der Waals surface area (Å²) in [6, 6.07) is 7.20. The standard InChI is InChI=1S/C11H13BN2O2/c13-4-3-8-5-9-1-2-10(12(15)16)6-11(9)14-7-8/h1-2,5-7,15-16H,3-4,13H2. The molecular weight excluding hydrogens is 203 g/mol. The molecule has 1 aromatic heterocycles. The first-order valence-electron chi connectivity index (χ1n) is 5.15. The van der Waals surface area contributed by atoms with Gasteiger partial charge in [0.25, 0.3) is 0 Å². The molecular formula is C11H13BN2O2. The molecule has 82 valence electrons. The number of benzene rings is 1. The Kier molecular flexibility index (Phi) is 3.19. The monoisotopic (exact) mass is 216 g/mol. The first-order chi connectivity index (χ1) is 7.70. The fraction of sp³-hybridized carbons (Fsp3) is 0.182. The Morgan fingerprint density at radius 2 is 2.06 bits per heavy atom. The zero-order chi connectivity index (χ0) is 11.5. The summed E-state index contributed by atoms with van der Waals surface area (Å²) in [5.74, 6) is 0. The maximum Gasteiger partial charge on any atom is 0.488 e. The number of pyridine rings is 1. The Morgan fingerprint density at radius 1 is 1.25 bits per heavy atom. The van der Waals surface area contributed by atoms with Gasteiger partial charge < -0.3 is 15.8 Å². The van der Waals surface area contributed by atoms with E-state index in [9.17, 15) is 0 Å². The lowest BCUT2D eigenvalue weighted by molar-refractivity contribution is 0.426. The van der Waals surface area contributed by atoms with Crippen molar-refractivity contribution < 1.29 is 10.0 Å². The molecule has 1 aromatic carbocycles. The van der Waals surface area contributed by atoms with Gasteiger partial charge in [0.2, 0.25) is 0 Å². The largest absolute Gasteiger partial charge is 0.488 e. The molecule has 2 rings (SSSR count). The second-order valence-corrected chi connectivity index (χ2v) is 3.71. The topological polar surface area (TPSA) is 79.4 Å². The van der Waals surface area contributed by atoms with Crippen LogP contribution < -0.4 is 11.2 Å². The van der Waals surface area contributed by atoms with Crippen molar-refractivity contribution >= 4 is 23.5 Å². The molecule has 0 amide bonds. The molecule has 1 heterocycles. The Bertz CT molecular complexity index is 502. The van der Waals surface area contributed by atoms with Crippen molar-refractivity contribution in [3.05, 3.63) is 36.0 Å². The van der Waals surface area contributed by atoms with Gasteiger partial charge in [0.05, 0.1) is 5.52 Å². The Labute approximate surface area is 93.9 Å². The Hall–Kier alpha value is -1.43. The van der Waals surface area contributed by atoms with E-state index in [1.54, 1.807) is 18.3 Å². The number of rotatable bonds is 3. The van der Waals surface area contributed by atoms with E-state index in [-0.39, 0.29) is 0 Å². The zero-order valence-electron chi connectivity index (χ0n) is 8.80. The van der Waals surface area contributed by atoms with Crippen molar-refractivity contribution in [1.82, 2.24) is 4.98 Å². The zero-order valence-corrected chi connectivity index (χ0v) is 8.80. The van der Waals surface area contributed by atoms with Gasteiger partial charge in [-0.1, -0.05) is 12.1 Å². The number of nitrogens with two attached hydrogens (primary N) is 1. The SMILES string of the molecule is NCCc1cnc2cc(B(O)O)ccc2c1. The van der Waals surface area contributed by atoms with Crippen LogP contribution in [-0.4, -0.2) is 28.7 Å². The summed E-state index contributed by atoms with van der Waals surface area (Å²) in [6.45, 7) is 0.598. The smallest absolute Gasteiger partial charge is 0.423 e. The summed E-state index contributed by atoms with van der Waals surface area (Å²) < 4.78 is 0. The lowest BCUT2D eigenvalue weighted by Gasteiger charge is -2.04. The molecule has 4 N–H and O–H groups in total. The molecule has 0 fully saturated rings. The number of fused-ring (bicyclic) bond motifs is 1. The predicted molar refractivity (Wildman–Crippen MR) is 64.3 cm³/mol.